The third-order valence-electron chi connectivity index (χ3n) is 4.11. The number of hydrogen-bond acceptors (Lipinski definition) is 3. The molecule has 1 atom stereocenters. The maximum Gasteiger partial charge on any atom is 0.110 e. The van der Waals surface area contributed by atoms with Gasteiger partial charge in [0.05, 0.1) is 5.69 Å². The Hall–Kier alpha value is -1.62. The minimum Gasteiger partial charge on any atom is -0.338 e. The molecular formula is C16H27N5. The first-order chi connectivity index (χ1) is 10.1. The number of nitrogens with one attached hydrogen (secondary N) is 1. The molecule has 2 aromatic rings. The van der Waals surface area contributed by atoms with E-state index in [1.54, 1.807) is 0 Å². The third-order valence-corrected chi connectivity index (χ3v) is 4.11. The van der Waals surface area contributed by atoms with Crippen LogP contribution in [0.3, 0.4) is 0 Å². The van der Waals surface area contributed by atoms with Crippen LogP contribution in [0.5, 0.6) is 0 Å². The van der Waals surface area contributed by atoms with E-state index in [1.807, 2.05) is 19.4 Å². The lowest BCUT2D eigenvalue weighted by atomic mass is 10.0. The van der Waals surface area contributed by atoms with E-state index in [4.69, 9.17) is 5.10 Å². The van der Waals surface area contributed by atoms with Gasteiger partial charge in [-0.05, 0) is 26.8 Å². The fraction of sp³-hybridized carbons (Fsp3) is 0.625. The first-order valence-corrected chi connectivity index (χ1v) is 7.81. The molecule has 0 radical (unpaired) electrons. The molecule has 0 saturated heterocycles. The molecule has 2 rings (SSSR count). The van der Waals surface area contributed by atoms with Crippen molar-refractivity contribution in [2.75, 3.05) is 6.54 Å². The summed E-state index contributed by atoms with van der Waals surface area (Å²) in [6, 6.07) is 0.400. The monoisotopic (exact) mass is 289 g/mol. The van der Waals surface area contributed by atoms with Crippen LogP contribution in [0.25, 0.3) is 0 Å². The summed E-state index contributed by atoms with van der Waals surface area (Å²) in [6.07, 6.45) is 5.82. The van der Waals surface area contributed by atoms with Gasteiger partial charge < -0.3 is 9.88 Å². The molecule has 0 saturated carbocycles. The quantitative estimate of drug-likeness (QED) is 0.852. The van der Waals surface area contributed by atoms with Gasteiger partial charge in [0, 0.05) is 49.7 Å². The summed E-state index contributed by atoms with van der Waals surface area (Å²) in [6.45, 7) is 10.5. The third kappa shape index (κ3) is 3.35. The molecule has 2 aromatic heterocycles. The molecule has 116 valence electrons. The van der Waals surface area contributed by atoms with Crippen LogP contribution in [0.15, 0.2) is 12.4 Å². The average Bonchev–Trinajstić information content (AvgIpc) is 2.98. The summed E-state index contributed by atoms with van der Waals surface area (Å²) < 4.78 is 4.19. The van der Waals surface area contributed by atoms with E-state index < -0.39 is 0 Å². The highest BCUT2D eigenvalue weighted by atomic mass is 15.3. The van der Waals surface area contributed by atoms with Gasteiger partial charge >= 0.3 is 0 Å². The minimum atomic E-state index is 0.400. The normalized spacial score (nSPS) is 12.8. The molecule has 0 amide bonds. The van der Waals surface area contributed by atoms with Crippen molar-refractivity contribution in [3.63, 3.8) is 0 Å². The van der Waals surface area contributed by atoms with Crippen molar-refractivity contribution in [1.82, 2.24) is 24.6 Å². The highest BCUT2D eigenvalue weighted by Gasteiger charge is 2.19. The summed E-state index contributed by atoms with van der Waals surface area (Å²) in [5, 5.41) is 8.28. The molecule has 0 aliphatic heterocycles. The Morgan fingerprint density at radius 2 is 2.05 bits per heavy atom. The maximum atomic E-state index is 4.73. The molecule has 0 aromatic carbocycles. The van der Waals surface area contributed by atoms with Gasteiger partial charge in [-0.3, -0.25) is 4.68 Å². The second-order valence-corrected chi connectivity index (χ2v) is 5.53. The first-order valence-electron chi connectivity index (χ1n) is 7.81. The Balaban J connectivity index is 2.16. The number of imidazole rings is 1. The zero-order valence-corrected chi connectivity index (χ0v) is 13.8. The van der Waals surface area contributed by atoms with Crippen LogP contribution >= 0.6 is 0 Å². The predicted octanol–water partition coefficient (Wildman–Crippen LogP) is 2.54. The van der Waals surface area contributed by atoms with Gasteiger partial charge in [-0.2, -0.15) is 5.10 Å². The van der Waals surface area contributed by atoms with Gasteiger partial charge in [0.25, 0.3) is 0 Å². The molecule has 0 spiro atoms. The SMILES string of the molecule is CCNC(CC)c1c(C)nn(CCc2nccn2C)c1C. The predicted molar refractivity (Wildman–Crippen MR) is 85.3 cm³/mol. The molecule has 0 aliphatic rings. The number of rotatable bonds is 7. The van der Waals surface area contributed by atoms with Crippen molar-refractivity contribution in [2.45, 2.75) is 53.1 Å². The fourth-order valence-electron chi connectivity index (χ4n) is 2.97. The average molecular weight is 289 g/mol. The van der Waals surface area contributed by atoms with E-state index in [2.05, 4.69) is 47.2 Å². The summed E-state index contributed by atoms with van der Waals surface area (Å²) in [5.41, 5.74) is 3.77. The highest BCUT2D eigenvalue weighted by molar-refractivity contribution is 5.28. The van der Waals surface area contributed by atoms with E-state index in [9.17, 15) is 0 Å². The van der Waals surface area contributed by atoms with Crippen LogP contribution in [0.2, 0.25) is 0 Å². The second kappa shape index (κ2) is 6.89. The standard InChI is InChI=1S/C16H27N5/c1-6-14(17-7-2)16-12(3)19-21(13(16)4)10-8-15-18-9-11-20(15)5/h9,11,14,17H,6-8,10H2,1-5H3. The van der Waals surface area contributed by atoms with Crippen LogP contribution in [0.1, 0.15) is 49.1 Å². The number of hydrogen-bond donors (Lipinski definition) is 1. The summed E-state index contributed by atoms with van der Waals surface area (Å²) in [7, 11) is 2.03. The smallest absolute Gasteiger partial charge is 0.110 e. The molecule has 1 unspecified atom stereocenters. The maximum absolute atomic E-state index is 4.73. The van der Waals surface area contributed by atoms with Crippen LogP contribution in [0.4, 0.5) is 0 Å². The van der Waals surface area contributed by atoms with Crippen molar-refractivity contribution in [1.29, 1.82) is 0 Å². The number of aromatic nitrogens is 4. The lowest BCUT2D eigenvalue weighted by Gasteiger charge is -2.16. The molecule has 5 nitrogen and oxygen atoms in total. The van der Waals surface area contributed by atoms with Crippen LogP contribution in [-0.4, -0.2) is 25.9 Å². The zero-order valence-electron chi connectivity index (χ0n) is 13.8. The van der Waals surface area contributed by atoms with E-state index in [0.717, 1.165) is 37.4 Å². The second-order valence-electron chi connectivity index (χ2n) is 5.53. The van der Waals surface area contributed by atoms with Crippen molar-refractivity contribution >= 4 is 0 Å². The Labute approximate surface area is 127 Å². The Kier molecular flexibility index (Phi) is 5.17. The van der Waals surface area contributed by atoms with Gasteiger partial charge in [0.1, 0.15) is 5.82 Å². The summed E-state index contributed by atoms with van der Waals surface area (Å²) >= 11 is 0. The van der Waals surface area contributed by atoms with E-state index in [0.29, 0.717) is 6.04 Å². The number of nitrogens with zero attached hydrogens (tertiary/aromatic N) is 4. The molecule has 21 heavy (non-hydrogen) atoms. The molecule has 0 fully saturated rings. The van der Waals surface area contributed by atoms with Gasteiger partial charge in [0.2, 0.25) is 0 Å². The minimum absolute atomic E-state index is 0.400. The lowest BCUT2D eigenvalue weighted by Crippen LogP contribution is -2.21. The molecular weight excluding hydrogens is 262 g/mol. The molecule has 1 N–H and O–H groups in total. The van der Waals surface area contributed by atoms with Crippen molar-refractivity contribution in [2.24, 2.45) is 7.05 Å². The summed E-state index contributed by atoms with van der Waals surface area (Å²) in [4.78, 5) is 4.38. The van der Waals surface area contributed by atoms with Gasteiger partial charge in [-0.1, -0.05) is 13.8 Å². The van der Waals surface area contributed by atoms with Crippen molar-refractivity contribution < 1.29 is 0 Å². The fourth-order valence-corrected chi connectivity index (χ4v) is 2.97. The first kappa shape index (κ1) is 15.8. The zero-order chi connectivity index (χ0) is 15.4. The van der Waals surface area contributed by atoms with Crippen molar-refractivity contribution in [3.8, 4) is 0 Å². The van der Waals surface area contributed by atoms with Crippen LogP contribution < -0.4 is 5.32 Å². The van der Waals surface area contributed by atoms with Gasteiger partial charge in [-0.15, -0.1) is 0 Å². The molecule has 5 heteroatoms. The van der Waals surface area contributed by atoms with Crippen LogP contribution in [-0.2, 0) is 20.0 Å². The van der Waals surface area contributed by atoms with Gasteiger partial charge in [-0.25, -0.2) is 4.98 Å². The Bertz CT molecular complexity index is 582. The molecule has 0 bridgehead atoms. The largest absolute Gasteiger partial charge is 0.338 e. The summed E-state index contributed by atoms with van der Waals surface area (Å²) in [5.74, 6) is 1.10. The van der Waals surface area contributed by atoms with Crippen molar-refractivity contribution in [3.05, 3.63) is 35.2 Å². The number of aryl methyl sites for hydroxylation is 4. The highest BCUT2D eigenvalue weighted by Crippen LogP contribution is 2.24. The van der Waals surface area contributed by atoms with Crippen LogP contribution in [0, 0.1) is 13.8 Å². The molecule has 2 heterocycles. The Morgan fingerprint density at radius 3 is 2.62 bits per heavy atom. The Morgan fingerprint density at radius 1 is 1.29 bits per heavy atom. The molecule has 0 aliphatic carbocycles. The lowest BCUT2D eigenvalue weighted by molar-refractivity contribution is 0.528. The van der Waals surface area contributed by atoms with E-state index in [-0.39, 0.29) is 0 Å². The van der Waals surface area contributed by atoms with E-state index >= 15 is 0 Å². The van der Waals surface area contributed by atoms with Gasteiger partial charge in [0.15, 0.2) is 0 Å². The van der Waals surface area contributed by atoms with E-state index in [1.165, 1.54) is 11.3 Å². The topological polar surface area (TPSA) is 47.7 Å².